The number of rotatable bonds is 6. The molecule has 0 aliphatic carbocycles. The highest BCUT2D eigenvalue weighted by Crippen LogP contribution is 2.14. The molecular weight excluding hydrogens is 350 g/mol. The van der Waals surface area contributed by atoms with Crippen LogP contribution in [0.25, 0.3) is 5.69 Å². The molecule has 0 fully saturated rings. The lowest BCUT2D eigenvalue weighted by molar-refractivity contribution is -0.137. The molecule has 0 bridgehead atoms. The zero-order valence-electron chi connectivity index (χ0n) is 12.1. The summed E-state index contributed by atoms with van der Waals surface area (Å²) in [5.74, 6) is -1.08. The van der Waals surface area contributed by atoms with Gasteiger partial charge < -0.3 is 14.6 Å². The Morgan fingerprint density at radius 2 is 2.00 bits per heavy atom. The zero-order chi connectivity index (χ0) is 16.1. The van der Waals surface area contributed by atoms with Gasteiger partial charge in [-0.3, -0.25) is 9.59 Å². The van der Waals surface area contributed by atoms with E-state index in [4.69, 9.17) is 5.11 Å². The van der Waals surface area contributed by atoms with Crippen LogP contribution in [0.2, 0.25) is 0 Å². The topological polar surface area (TPSA) is 75.4 Å². The van der Waals surface area contributed by atoms with Gasteiger partial charge >= 0.3 is 5.97 Å². The molecule has 1 N–H and O–H groups in total. The first-order valence-corrected chi connectivity index (χ1v) is 7.54. The minimum atomic E-state index is -0.861. The van der Waals surface area contributed by atoms with Crippen molar-refractivity contribution in [3.8, 4) is 5.69 Å². The Morgan fingerprint density at radius 3 is 2.64 bits per heavy atom. The van der Waals surface area contributed by atoms with E-state index in [-0.39, 0.29) is 12.3 Å². The fourth-order valence-electron chi connectivity index (χ4n) is 1.95. The Balaban J connectivity index is 2.02. The van der Waals surface area contributed by atoms with Gasteiger partial charge in [0.1, 0.15) is 12.0 Å². The monoisotopic (exact) mass is 365 g/mol. The van der Waals surface area contributed by atoms with E-state index in [1.807, 2.05) is 24.3 Å². The summed E-state index contributed by atoms with van der Waals surface area (Å²) in [6.07, 6.45) is 3.72. The van der Waals surface area contributed by atoms with E-state index >= 15 is 0 Å². The molecule has 0 aliphatic heterocycles. The largest absolute Gasteiger partial charge is 0.481 e. The number of hydrogen-bond donors (Lipinski definition) is 1. The van der Waals surface area contributed by atoms with Gasteiger partial charge in [0.25, 0.3) is 5.91 Å². The average molecular weight is 366 g/mol. The van der Waals surface area contributed by atoms with Crippen molar-refractivity contribution in [3.63, 3.8) is 0 Å². The summed E-state index contributed by atoms with van der Waals surface area (Å²) < 4.78 is 2.75. The summed E-state index contributed by atoms with van der Waals surface area (Å²) in [5.41, 5.74) is 1.24. The molecule has 0 spiro atoms. The van der Waals surface area contributed by atoms with E-state index in [0.717, 1.165) is 10.2 Å². The Labute approximate surface area is 136 Å². The molecule has 0 radical (unpaired) electrons. The molecule has 0 saturated heterocycles. The number of benzene rings is 1. The Hall–Kier alpha value is -2.15. The summed E-state index contributed by atoms with van der Waals surface area (Å²) in [6, 6.07) is 7.65. The lowest BCUT2D eigenvalue weighted by Crippen LogP contribution is -2.28. The highest BCUT2D eigenvalue weighted by Gasteiger charge is 2.15. The Kier molecular flexibility index (Phi) is 5.32. The zero-order valence-corrected chi connectivity index (χ0v) is 13.7. The number of carbonyl (C=O) groups excluding carboxylic acids is 1. The normalized spacial score (nSPS) is 10.5. The number of nitrogens with zero attached hydrogens (tertiary/aromatic N) is 3. The maximum absolute atomic E-state index is 12.2. The number of aromatic nitrogens is 2. The number of imidazole rings is 1. The molecule has 0 aliphatic rings. The fourth-order valence-corrected chi connectivity index (χ4v) is 2.22. The van der Waals surface area contributed by atoms with E-state index in [2.05, 4.69) is 20.9 Å². The van der Waals surface area contributed by atoms with Crippen molar-refractivity contribution in [1.82, 2.24) is 14.5 Å². The SMILES string of the molecule is CN(CCCC(=O)O)C(=O)c1cn(-c2ccc(Br)cc2)cn1. The minimum absolute atomic E-state index is 0.0466. The third-order valence-corrected chi connectivity index (χ3v) is 3.69. The lowest BCUT2D eigenvalue weighted by atomic mass is 10.3. The van der Waals surface area contributed by atoms with Crippen molar-refractivity contribution in [2.24, 2.45) is 0 Å². The Morgan fingerprint density at radius 1 is 1.32 bits per heavy atom. The second kappa shape index (κ2) is 7.22. The summed E-state index contributed by atoms with van der Waals surface area (Å²) in [5, 5.41) is 8.61. The van der Waals surface area contributed by atoms with Crippen molar-refractivity contribution >= 4 is 27.8 Å². The number of hydrogen-bond acceptors (Lipinski definition) is 3. The summed E-state index contributed by atoms with van der Waals surface area (Å²) in [4.78, 5) is 28.3. The van der Waals surface area contributed by atoms with E-state index in [1.54, 1.807) is 24.1 Å². The summed E-state index contributed by atoms with van der Waals surface area (Å²) >= 11 is 3.37. The van der Waals surface area contributed by atoms with Crippen LogP contribution in [0.3, 0.4) is 0 Å². The summed E-state index contributed by atoms with van der Waals surface area (Å²) in [7, 11) is 1.64. The molecule has 1 aromatic carbocycles. The smallest absolute Gasteiger partial charge is 0.303 e. The van der Waals surface area contributed by atoms with E-state index < -0.39 is 5.97 Å². The molecule has 0 atom stereocenters. The van der Waals surface area contributed by atoms with Crippen molar-refractivity contribution in [3.05, 3.63) is 47.0 Å². The van der Waals surface area contributed by atoms with Crippen molar-refractivity contribution in [2.45, 2.75) is 12.8 Å². The molecule has 116 valence electrons. The van der Waals surface area contributed by atoms with Gasteiger partial charge in [0.15, 0.2) is 0 Å². The van der Waals surface area contributed by atoms with Gasteiger partial charge in [-0.25, -0.2) is 4.98 Å². The van der Waals surface area contributed by atoms with Gasteiger partial charge in [-0.2, -0.15) is 0 Å². The fraction of sp³-hybridized carbons (Fsp3) is 0.267. The highest BCUT2D eigenvalue weighted by atomic mass is 79.9. The van der Waals surface area contributed by atoms with E-state index in [9.17, 15) is 9.59 Å². The van der Waals surface area contributed by atoms with Gasteiger partial charge in [0.2, 0.25) is 0 Å². The van der Waals surface area contributed by atoms with Crippen LogP contribution in [-0.4, -0.2) is 45.0 Å². The van der Waals surface area contributed by atoms with Gasteiger partial charge in [0, 0.05) is 36.4 Å². The van der Waals surface area contributed by atoms with E-state index in [0.29, 0.717) is 18.7 Å². The molecule has 22 heavy (non-hydrogen) atoms. The van der Waals surface area contributed by atoms with Crippen molar-refractivity contribution in [1.29, 1.82) is 0 Å². The van der Waals surface area contributed by atoms with Crippen LogP contribution in [0.1, 0.15) is 23.3 Å². The molecule has 1 heterocycles. The third-order valence-electron chi connectivity index (χ3n) is 3.16. The second-order valence-electron chi connectivity index (χ2n) is 4.87. The number of halogens is 1. The lowest BCUT2D eigenvalue weighted by Gasteiger charge is -2.14. The number of carboxylic acids is 1. The van der Waals surface area contributed by atoms with Crippen molar-refractivity contribution in [2.75, 3.05) is 13.6 Å². The number of carbonyl (C=O) groups is 2. The van der Waals surface area contributed by atoms with Gasteiger partial charge in [-0.05, 0) is 30.7 Å². The maximum Gasteiger partial charge on any atom is 0.303 e. The standard InChI is InChI=1S/C15H16BrN3O3/c1-18(8-2-3-14(20)21)15(22)13-9-19(10-17-13)12-6-4-11(16)5-7-12/h4-7,9-10H,2-3,8H2,1H3,(H,20,21). The first kappa shape index (κ1) is 16.2. The summed E-state index contributed by atoms with van der Waals surface area (Å²) in [6.45, 7) is 0.385. The van der Waals surface area contributed by atoms with Crippen LogP contribution < -0.4 is 0 Å². The third kappa shape index (κ3) is 4.17. The second-order valence-corrected chi connectivity index (χ2v) is 5.78. The molecule has 0 saturated carbocycles. The number of carboxylic acid groups (broad SMARTS) is 1. The van der Waals surface area contributed by atoms with E-state index in [1.165, 1.54) is 4.90 Å². The molecule has 6 nitrogen and oxygen atoms in total. The molecule has 2 aromatic rings. The molecular formula is C15H16BrN3O3. The predicted molar refractivity (Wildman–Crippen MR) is 85.1 cm³/mol. The minimum Gasteiger partial charge on any atom is -0.481 e. The van der Waals surface area contributed by atoms with Crippen LogP contribution in [0.4, 0.5) is 0 Å². The molecule has 0 unspecified atom stereocenters. The molecule has 1 aromatic heterocycles. The predicted octanol–water partition coefficient (Wildman–Crippen LogP) is 2.57. The maximum atomic E-state index is 12.2. The Bertz CT molecular complexity index is 667. The van der Waals surface area contributed by atoms with Crippen molar-refractivity contribution < 1.29 is 14.7 Å². The number of aliphatic carboxylic acids is 1. The van der Waals surface area contributed by atoms with Crippen LogP contribution in [0.15, 0.2) is 41.3 Å². The van der Waals surface area contributed by atoms with Gasteiger partial charge in [-0.15, -0.1) is 0 Å². The van der Waals surface area contributed by atoms with Crippen LogP contribution in [0.5, 0.6) is 0 Å². The molecule has 1 amide bonds. The average Bonchev–Trinajstić information content (AvgIpc) is 2.96. The number of amides is 1. The first-order chi connectivity index (χ1) is 10.5. The van der Waals surface area contributed by atoms with Gasteiger partial charge in [-0.1, -0.05) is 15.9 Å². The highest BCUT2D eigenvalue weighted by molar-refractivity contribution is 9.10. The first-order valence-electron chi connectivity index (χ1n) is 6.74. The quantitative estimate of drug-likeness (QED) is 0.853. The van der Waals surface area contributed by atoms with Crippen LogP contribution in [-0.2, 0) is 4.79 Å². The van der Waals surface area contributed by atoms with Crippen LogP contribution in [0, 0.1) is 0 Å². The van der Waals surface area contributed by atoms with Gasteiger partial charge in [0.05, 0.1) is 0 Å². The van der Waals surface area contributed by atoms with Crippen LogP contribution >= 0.6 is 15.9 Å². The molecule has 2 rings (SSSR count). The molecule has 7 heteroatoms.